The molecule has 0 aliphatic heterocycles. The van der Waals surface area contributed by atoms with Gasteiger partial charge in [-0.3, -0.25) is 8.97 Å². The Kier molecular flexibility index (Phi) is 3.73. The minimum absolute atomic E-state index is 0.146. The highest BCUT2D eigenvalue weighted by atomic mass is 16.5. The van der Waals surface area contributed by atoms with Gasteiger partial charge in [0.05, 0.1) is 28.3 Å². The summed E-state index contributed by atoms with van der Waals surface area (Å²) < 4.78 is 10.8. The molecular formula is C25H24N2O. The van der Waals surface area contributed by atoms with E-state index in [2.05, 4.69) is 103 Å². The third-order valence-corrected chi connectivity index (χ3v) is 5.53. The quantitative estimate of drug-likeness (QED) is 0.358. The molecule has 5 rings (SSSR count). The fraction of sp³-hybridized carbons (Fsp3) is 0.200. The Balaban J connectivity index is 1.95. The second kappa shape index (κ2) is 6.16. The Morgan fingerprint density at radius 1 is 0.714 bits per heavy atom. The summed E-state index contributed by atoms with van der Waals surface area (Å²) in [6.45, 7) is 8.51. The van der Waals surface area contributed by atoms with Gasteiger partial charge in [-0.1, -0.05) is 36.4 Å². The van der Waals surface area contributed by atoms with Crippen LogP contribution in [0.25, 0.3) is 33.3 Å². The van der Waals surface area contributed by atoms with E-state index < -0.39 is 0 Å². The Morgan fingerprint density at radius 2 is 1.39 bits per heavy atom. The van der Waals surface area contributed by atoms with Gasteiger partial charge in [0.1, 0.15) is 11.4 Å². The first-order valence-corrected chi connectivity index (χ1v) is 9.83. The molecule has 0 atom stereocenters. The molecule has 0 saturated carbocycles. The van der Waals surface area contributed by atoms with Gasteiger partial charge in [0.15, 0.2) is 0 Å². The van der Waals surface area contributed by atoms with Crippen LogP contribution in [0, 0.1) is 13.8 Å². The SMILES string of the molecule is Cc1c(OC(C)C)cccc1-n1c2ccccc2n2c3ccccc3c(C)c12. The Hall–Kier alpha value is -3.20. The average molecular weight is 368 g/mol. The molecule has 0 spiro atoms. The number of imidazole rings is 1. The van der Waals surface area contributed by atoms with Crippen LogP contribution in [0.3, 0.4) is 0 Å². The van der Waals surface area contributed by atoms with Crippen molar-refractivity contribution in [3.05, 3.63) is 77.9 Å². The van der Waals surface area contributed by atoms with Crippen LogP contribution in [-0.4, -0.2) is 15.1 Å². The first kappa shape index (κ1) is 16.9. The third kappa shape index (κ3) is 2.29. The molecule has 5 aromatic rings. The van der Waals surface area contributed by atoms with Gasteiger partial charge in [0, 0.05) is 16.5 Å². The summed E-state index contributed by atoms with van der Waals surface area (Å²) in [6, 6.07) is 23.6. The summed E-state index contributed by atoms with van der Waals surface area (Å²) in [5.41, 5.74) is 8.50. The van der Waals surface area contributed by atoms with Crippen LogP contribution >= 0.6 is 0 Å². The van der Waals surface area contributed by atoms with Crippen molar-refractivity contribution in [1.82, 2.24) is 8.97 Å². The van der Waals surface area contributed by atoms with Crippen molar-refractivity contribution in [3.8, 4) is 11.4 Å². The van der Waals surface area contributed by atoms with Crippen molar-refractivity contribution < 1.29 is 4.74 Å². The molecule has 3 heteroatoms. The second-order valence-corrected chi connectivity index (χ2v) is 7.69. The van der Waals surface area contributed by atoms with E-state index in [4.69, 9.17) is 4.74 Å². The van der Waals surface area contributed by atoms with Crippen LogP contribution in [0.2, 0.25) is 0 Å². The molecule has 0 bridgehead atoms. The number of ether oxygens (including phenoxy) is 1. The predicted octanol–water partition coefficient (Wildman–Crippen LogP) is 6.44. The van der Waals surface area contributed by atoms with Crippen LogP contribution in [0.15, 0.2) is 66.7 Å². The number of nitrogens with zero attached hydrogens (tertiary/aromatic N) is 2. The van der Waals surface area contributed by atoms with Gasteiger partial charge in [-0.05, 0) is 58.0 Å². The molecule has 2 heterocycles. The predicted molar refractivity (Wildman–Crippen MR) is 117 cm³/mol. The smallest absolute Gasteiger partial charge is 0.126 e. The highest BCUT2D eigenvalue weighted by Crippen LogP contribution is 2.36. The number of aryl methyl sites for hydroxylation is 1. The van der Waals surface area contributed by atoms with Crippen LogP contribution in [0.5, 0.6) is 5.75 Å². The lowest BCUT2D eigenvalue weighted by Crippen LogP contribution is -2.08. The Bertz CT molecular complexity index is 1340. The number of hydrogen-bond acceptors (Lipinski definition) is 1. The van der Waals surface area contributed by atoms with Crippen molar-refractivity contribution in [2.45, 2.75) is 33.8 Å². The molecule has 0 fully saturated rings. The van der Waals surface area contributed by atoms with Crippen molar-refractivity contribution in [1.29, 1.82) is 0 Å². The monoisotopic (exact) mass is 368 g/mol. The van der Waals surface area contributed by atoms with Crippen molar-refractivity contribution >= 4 is 27.6 Å². The lowest BCUT2D eigenvalue weighted by Gasteiger charge is -2.16. The summed E-state index contributed by atoms with van der Waals surface area (Å²) in [4.78, 5) is 0. The maximum atomic E-state index is 6.08. The summed E-state index contributed by atoms with van der Waals surface area (Å²) in [5.74, 6) is 0.942. The number of para-hydroxylation sites is 3. The van der Waals surface area contributed by atoms with Crippen LogP contribution in [0.1, 0.15) is 25.0 Å². The van der Waals surface area contributed by atoms with E-state index in [0.29, 0.717) is 0 Å². The van der Waals surface area contributed by atoms with Crippen molar-refractivity contribution in [2.24, 2.45) is 0 Å². The molecule has 3 nitrogen and oxygen atoms in total. The third-order valence-electron chi connectivity index (χ3n) is 5.53. The van der Waals surface area contributed by atoms with E-state index in [1.165, 1.54) is 33.1 Å². The largest absolute Gasteiger partial charge is 0.491 e. The van der Waals surface area contributed by atoms with Gasteiger partial charge in [0.2, 0.25) is 0 Å². The molecule has 3 aromatic carbocycles. The minimum Gasteiger partial charge on any atom is -0.491 e. The standard InChI is InChI=1S/C25H24N2O/c1-16(2)28-24-15-9-14-20(18(24)4)26-22-12-7-8-13-23(22)27-21-11-6-5-10-19(21)17(3)25(26)27/h5-16H,1-4H3. The molecule has 0 radical (unpaired) electrons. The normalized spacial score (nSPS) is 11.9. The zero-order valence-electron chi connectivity index (χ0n) is 16.7. The van der Waals surface area contributed by atoms with Gasteiger partial charge in [0.25, 0.3) is 0 Å². The highest BCUT2D eigenvalue weighted by Gasteiger charge is 2.20. The first-order valence-electron chi connectivity index (χ1n) is 9.83. The van der Waals surface area contributed by atoms with Gasteiger partial charge in [-0.15, -0.1) is 0 Å². The molecule has 28 heavy (non-hydrogen) atoms. The molecule has 0 unspecified atom stereocenters. The van der Waals surface area contributed by atoms with Gasteiger partial charge < -0.3 is 4.74 Å². The fourth-order valence-corrected chi connectivity index (χ4v) is 4.33. The second-order valence-electron chi connectivity index (χ2n) is 7.69. The maximum Gasteiger partial charge on any atom is 0.126 e. The van der Waals surface area contributed by atoms with E-state index >= 15 is 0 Å². The summed E-state index contributed by atoms with van der Waals surface area (Å²) >= 11 is 0. The number of benzene rings is 3. The first-order chi connectivity index (χ1) is 13.6. The summed E-state index contributed by atoms with van der Waals surface area (Å²) in [6.07, 6.45) is 0.146. The zero-order chi connectivity index (χ0) is 19.4. The minimum atomic E-state index is 0.146. The van der Waals surface area contributed by atoms with E-state index in [-0.39, 0.29) is 6.10 Å². The number of rotatable bonds is 3. The van der Waals surface area contributed by atoms with E-state index in [0.717, 1.165) is 17.0 Å². The topological polar surface area (TPSA) is 18.6 Å². The molecule has 140 valence electrons. The van der Waals surface area contributed by atoms with E-state index in [1.807, 2.05) is 0 Å². The number of fused-ring (bicyclic) bond motifs is 5. The van der Waals surface area contributed by atoms with E-state index in [9.17, 15) is 0 Å². The molecule has 0 aliphatic carbocycles. The number of aromatic nitrogens is 2. The maximum absolute atomic E-state index is 6.08. The molecule has 2 aromatic heterocycles. The van der Waals surface area contributed by atoms with Crippen LogP contribution in [-0.2, 0) is 0 Å². The lowest BCUT2D eigenvalue weighted by atomic mass is 10.1. The number of hydrogen-bond donors (Lipinski definition) is 0. The van der Waals surface area contributed by atoms with Gasteiger partial charge in [-0.2, -0.15) is 0 Å². The van der Waals surface area contributed by atoms with Crippen molar-refractivity contribution in [3.63, 3.8) is 0 Å². The zero-order valence-corrected chi connectivity index (χ0v) is 16.7. The summed E-state index contributed by atoms with van der Waals surface area (Å²) in [5, 5.41) is 1.30. The molecule has 0 saturated heterocycles. The van der Waals surface area contributed by atoms with Crippen LogP contribution in [0.4, 0.5) is 0 Å². The molecule has 0 amide bonds. The van der Waals surface area contributed by atoms with E-state index in [1.54, 1.807) is 0 Å². The van der Waals surface area contributed by atoms with Gasteiger partial charge >= 0.3 is 0 Å². The molecule has 0 aliphatic rings. The Morgan fingerprint density at radius 3 is 2.14 bits per heavy atom. The van der Waals surface area contributed by atoms with Crippen molar-refractivity contribution in [2.75, 3.05) is 0 Å². The summed E-state index contributed by atoms with van der Waals surface area (Å²) in [7, 11) is 0. The molecule has 0 N–H and O–H groups in total. The highest BCUT2D eigenvalue weighted by molar-refractivity contribution is 5.99. The lowest BCUT2D eigenvalue weighted by molar-refractivity contribution is 0.241. The fourth-order valence-electron chi connectivity index (χ4n) is 4.33. The van der Waals surface area contributed by atoms with Crippen LogP contribution < -0.4 is 4.74 Å². The molecular weight excluding hydrogens is 344 g/mol. The Labute approximate surface area is 164 Å². The van der Waals surface area contributed by atoms with Gasteiger partial charge in [-0.25, -0.2) is 0 Å². The average Bonchev–Trinajstić information content (AvgIpc) is 3.17.